The Morgan fingerprint density at radius 2 is 2.00 bits per heavy atom. The normalized spacial score (nSPS) is 19.3. The number of anilines is 1. The van der Waals surface area contributed by atoms with E-state index in [-0.39, 0.29) is 23.6 Å². The number of methoxy groups -OCH3 is 2. The van der Waals surface area contributed by atoms with Gasteiger partial charge in [0, 0.05) is 25.4 Å². The topological polar surface area (TPSA) is 84.9 Å². The number of nitrogens with one attached hydrogen (secondary N) is 1. The lowest BCUT2D eigenvalue weighted by Gasteiger charge is -2.28. The molecule has 2 rings (SSSR count). The van der Waals surface area contributed by atoms with E-state index >= 15 is 0 Å². The van der Waals surface area contributed by atoms with Crippen molar-refractivity contribution in [2.45, 2.75) is 12.5 Å². The van der Waals surface area contributed by atoms with Gasteiger partial charge in [0.05, 0.1) is 25.2 Å². The van der Waals surface area contributed by atoms with Gasteiger partial charge in [-0.05, 0) is 30.7 Å². The summed E-state index contributed by atoms with van der Waals surface area (Å²) in [7, 11) is 0.0567. The Bertz CT molecular complexity index is 630. The smallest absolute Gasteiger partial charge is 0.322 e. The molecule has 0 saturated carbocycles. The van der Waals surface area contributed by atoms with Gasteiger partial charge < -0.3 is 19.7 Å². The summed E-state index contributed by atoms with van der Waals surface area (Å²) in [6.45, 7) is 0.700. The average molecular weight is 342 g/mol. The van der Waals surface area contributed by atoms with Gasteiger partial charge in [-0.3, -0.25) is 0 Å². The third-order valence-electron chi connectivity index (χ3n) is 3.79. The predicted molar refractivity (Wildman–Crippen MR) is 87.7 cm³/mol. The van der Waals surface area contributed by atoms with Crippen molar-refractivity contribution < 1.29 is 22.7 Å². The van der Waals surface area contributed by atoms with E-state index in [1.54, 1.807) is 38.5 Å². The van der Waals surface area contributed by atoms with Crippen LogP contribution in [0.15, 0.2) is 24.3 Å². The minimum atomic E-state index is -3.06. The van der Waals surface area contributed by atoms with Crippen LogP contribution in [0.2, 0.25) is 0 Å². The summed E-state index contributed by atoms with van der Waals surface area (Å²) in [5, 5.41) is 2.79. The summed E-state index contributed by atoms with van der Waals surface area (Å²) in [5.74, 6) is 0.824. The first-order valence-electron chi connectivity index (χ1n) is 7.36. The number of benzene rings is 1. The van der Waals surface area contributed by atoms with E-state index in [1.807, 2.05) is 0 Å². The number of rotatable bonds is 6. The number of amides is 2. The molecule has 128 valence electrons. The Kier molecular flexibility index (Phi) is 5.84. The van der Waals surface area contributed by atoms with Gasteiger partial charge in [-0.25, -0.2) is 13.2 Å². The van der Waals surface area contributed by atoms with E-state index in [2.05, 4.69) is 5.32 Å². The molecule has 1 atom stereocenters. The lowest BCUT2D eigenvalue weighted by Crippen LogP contribution is -2.45. The van der Waals surface area contributed by atoms with E-state index in [4.69, 9.17) is 9.47 Å². The van der Waals surface area contributed by atoms with Gasteiger partial charge in [-0.2, -0.15) is 0 Å². The third kappa shape index (κ3) is 4.84. The molecule has 23 heavy (non-hydrogen) atoms. The fourth-order valence-corrected chi connectivity index (χ4v) is 4.26. The molecule has 1 aromatic carbocycles. The minimum absolute atomic E-state index is 0.00669. The van der Waals surface area contributed by atoms with Crippen LogP contribution >= 0.6 is 0 Å². The second kappa shape index (κ2) is 7.65. The Balaban J connectivity index is 2.06. The number of urea groups is 1. The van der Waals surface area contributed by atoms with Gasteiger partial charge in [0.2, 0.25) is 0 Å². The van der Waals surface area contributed by atoms with E-state index in [9.17, 15) is 13.2 Å². The lowest BCUT2D eigenvalue weighted by atomic mass is 10.2. The Morgan fingerprint density at radius 1 is 1.30 bits per heavy atom. The zero-order chi connectivity index (χ0) is 16.9. The number of carbonyl (C=O) groups is 1. The van der Waals surface area contributed by atoms with Gasteiger partial charge in [0.15, 0.2) is 9.84 Å². The van der Waals surface area contributed by atoms with Crippen molar-refractivity contribution >= 4 is 21.6 Å². The summed E-state index contributed by atoms with van der Waals surface area (Å²) in [6.07, 6.45) is 0.460. The van der Waals surface area contributed by atoms with Crippen LogP contribution in [0.1, 0.15) is 6.42 Å². The van der Waals surface area contributed by atoms with Crippen LogP contribution in [0, 0.1) is 0 Å². The maximum absolute atomic E-state index is 12.5. The number of hydrogen-bond donors (Lipinski definition) is 1. The predicted octanol–water partition coefficient (Wildman–Crippen LogP) is 1.36. The minimum Gasteiger partial charge on any atom is -0.497 e. The number of nitrogens with zero attached hydrogens (tertiary/aromatic N) is 1. The highest BCUT2D eigenvalue weighted by Crippen LogP contribution is 2.20. The van der Waals surface area contributed by atoms with Crippen molar-refractivity contribution in [1.82, 2.24) is 4.90 Å². The van der Waals surface area contributed by atoms with Crippen LogP contribution in [-0.2, 0) is 14.6 Å². The van der Waals surface area contributed by atoms with Crippen LogP contribution in [0.3, 0.4) is 0 Å². The molecule has 1 saturated heterocycles. The van der Waals surface area contributed by atoms with Gasteiger partial charge in [0.1, 0.15) is 5.75 Å². The molecule has 1 aliphatic rings. The highest BCUT2D eigenvalue weighted by Gasteiger charge is 2.34. The maximum Gasteiger partial charge on any atom is 0.322 e. The van der Waals surface area contributed by atoms with Crippen LogP contribution in [0.4, 0.5) is 10.5 Å². The average Bonchev–Trinajstić information content (AvgIpc) is 2.88. The standard InChI is InChI=1S/C15H22N2O5S/c1-21-9-8-17(13-7-10-23(19,20)11-13)15(18)16-12-3-5-14(22-2)6-4-12/h3-6,13H,7-11H2,1-2H3,(H,16,18). The quantitative estimate of drug-likeness (QED) is 0.844. The third-order valence-corrected chi connectivity index (χ3v) is 5.54. The van der Waals surface area contributed by atoms with Gasteiger partial charge in [-0.15, -0.1) is 0 Å². The summed E-state index contributed by atoms with van der Waals surface area (Å²) in [6, 6.07) is 6.32. The molecule has 0 aliphatic carbocycles. The first-order valence-corrected chi connectivity index (χ1v) is 9.18. The van der Waals surface area contributed by atoms with Gasteiger partial charge in [0.25, 0.3) is 0 Å². The zero-order valence-corrected chi connectivity index (χ0v) is 14.1. The molecule has 0 spiro atoms. The number of hydrogen-bond acceptors (Lipinski definition) is 5. The van der Waals surface area contributed by atoms with Crippen LogP contribution in [0.5, 0.6) is 5.75 Å². The summed E-state index contributed by atoms with van der Waals surface area (Å²) in [5.41, 5.74) is 0.624. The molecule has 1 fully saturated rings. The molecular weight excluding hydrogens is 320 g/mol. The molecule has 1 aliphatic heterocycles. The van der Waals surface area contributed by atoms with E-state index in [1.165, 1.54) is 4.90 Å². The van der Waals surface area contributed by atoms with E-state index in [0.717, 1.165) is 0 Å². The summed E-state index contributed by atoms with van der Waals surface area (Å²) in [4.78, 5) is 14.0. The maximum atomic E-state index is 12.5. The molecule has 1 unspecified atom stereocenters. The van der Waals surface area contributed by atoms with Crippen LogP contribution in [0.25, 0.3) is 0 Å². The van der Waals surface area contributed by atoms with E-state index in [0.29, 0.717) is 31.0 Å². The largest absolute Gasteiger partial charge is 0.497 e. The van der Waals surface area contributed by atoms with Crippen molar-refractivity contribution in [2.24, 2.45) is 0 Å². The monoisotopic (exact) mass is 342 g/mol. The molecule has 1 heterocycles. The lowest BCUT2D eigenvalue weighted by molar-refractivity contribution is 0.140. The highest BCUT2D eigenvalue weighted by molar-refractivity contribution is 7.91. The number of ether oxygens (including phenoxy) is 2. The first-order chi connectivity index (χ1) is 10.9. The number of carbonyl (C=O) groups excluding carboxylic acids is 1. The van der Waals surface area contributed by atoms with Crippen molar-refractivity contribution in [2.75, 3.05) is 44.2 Å². The molecule has 1 N–H and O–H groups in total. The molecular formula is C15H22N2O5S. The molecule has 0 bridgehead atoms. The molecule has 0 aromatic heterocycles. The summed E-state index contributed by atoms with van der Waals surface area (Å²) < 4.78 is 33.4. The molecule has 7 nitrogen and oxygen atoms in total. The highest BCUT2D eigenvalue weighted by atomic mass is 32.2. The van der Waals surface area contributed by atoms with Crippen LogP contribution < -0.4 is 10.1 Å². The Morgan fingerprint density at radius 3 is 2.52 bits per heavy atom. The van der Waals surface area contributed by atoms with Crippen molar-refractivity contribution in [1.29, 1.82) is 0 Å². The van der Waals surface area contributed by atoms with E-state index < -0.39 is 9.84 Å². The molecule has 2 amide bonds. The second-order valence-electron chi connectivity index (χ2n) is 5.40. The van der Waals surface area contributed by atoms with Crippen molar-refractivity contribution in [3.05, 3.63) is 24.3 Å². The Labute approximate surface area is 136 Å². The van der Waals surface area contributed by atoms with Crippen molar-refractivity contribution in [3.63, 3.8) is 0 Å². The molecule has 1 aromatic rings. The molecule has 8 heteroatoms. The second-order valence-corrected chi connectivity index (χ2v) is 7.63. The number of sulfone groups is 1. The van der Waals surface area contributed by atoms with Gasteiger partial charge >= 0.3 is 6.03 Å². The first kappa shape index (κ1) is 17.6. The van der Waals surface area contributed by atoms with Gasteiger partial charge in [-0.1, -0.05) is 0 Å². The SMILES string of the molecule is COCCN(C(=O)Nc1ccc(OC)cc1)C1CCS(=O)(=O)C1. The Hall–Kier alpha value is -1.80. The van der Waals surface area contributed by atoms with Crippen molar-refractivity contribution in [3.8, 4) is 5.75 Å². The van der Waals surface area contributed by atoms with Crippen LogP contribution in [-0.4, -0.2) is 64.3 Å². The zero-order valence-electron chi connectivity index (χ0n) is 13.3. The fourth-order valence-electron chi connectivity index (χ4n) is 2.53. The fraction of sp³-hybridized carbons (Fsp3) is 0.533. The molecule has 0 radical (unpaired) electrons. The summed E-state index contributed by atoms with van der Waals surface area (Å²) >= 11 is 0.